The summed E-state index contributed by atoms with van der Waals surface area (Å²) in [6.07, 6.45) is -6.10. The van der Waals surface area contributed by atoms with Crippen molar-refractivity contribution in [1.29, 1.82) is 0 Å². The normalized spacial score (nSPS) is 13.4. The Labute approximate surface area is 186 Å². The zero-order valence-corrected chi connectivity index (χ0v) is 17.2. The first-order valence-electron chi connectivity index (χ1n) is 9.65. The maximum Gasteiger partial charge on any atom is 0.420 e. The number of aliphatic hydroxyl groups excluding tert-OH is 1. The van der Waals surface area contributed by atoms with Gasteiger partial charge in [0, 0.05) is 18.9 Å². The molecule has 3 aromatic heterocycles. The van der Waals surface area contributed by atoms with Gasteiger partial charge in [0.15, 0.2) is 17.2 Å². The molecule has 34 heavy (non-hydrogen) atoms. The third-order valence-electron chi connectivity index (χ3n) is 4.96. The van der Waals surface area contributed by atoms with Gasteiger partial charge in [-0.15, -0.1) is 0 Å². The zero-order chi connectivity index (χ0) is 24.7. The highest BCUT2D eigenvalue weighted by molar-refractivity contribution is 5.92. The Morgan fingerprint density at radius 3 is 2.38 bits per heavy atom. The van der Waals surface area contributed by atoms with E-state index < -0.39 is 47.1 Å². The lowest BCUT2D eigenvalue weighted by Gasteiger charge is -2.28. The maximum absolute atomic E-state index is 13.5. The van der Waals surface area contributed by atoms with Gasteiger partial charge in [-0.2, -0.15) is 36.1 Å². The number of rotatable bonds is 6. The molecule has 1 N–H and O–H groups in total. The first-order valence-corrected chi connectivity index (χ1v) is 9.65. The second-order valence-electron chi connectivity index (χ2n) is 7.07. The number of aromatic nitrogens is 6. The van der Waals surface area contributed by atoms with Gasteiger partial charge in [-0.1, -0.05) is 5.16 Å². The summed E-state index contributed by atoms with van der Waals surface area (Å²) in [5.41, 5.74) is -4.00. The minimum atomic E-state index is -5.13. The molecule has 0 aliphatic heterocycles. The predicted octanol–water partition coefficient (Wildman–Crippen LogP) is 3.80. The molecular weight excluding hydrogens is 472 g/mol. The van der Waals surface area contributed by atoms with Crippen molar-refractivity contribution in [2.75, 3.05) is 18.1 Å². The van der Waals surface area contributed by atoms with Gasteiger partial charge in [0.2, 0.25) is 0 Å². The van der Waals surface area contributed by atoms with Crippen LogP contribution in [0.4, 0.5) is 32.2 Å². The average molecular weight is 487 g/mol. The fraction of sp³-hybridized carbons (Fsp3) is 0.316. The molecule has 0 fully saturated rings. The van der Waals surface area contributed by atoms with Crippen LogP contribution in [0.2, 0.25) is 0 Å². The summed E-state index contributed by atoms with van der Waals surface area (Å²) in [5.74, 6) is -0.00924. The topological polar surface area (TPSA) is 106 Å². The van der Waals surface area contributed by atoms with Crippen molar-refractivity contribution in [1.82, 2.24) is 29.9 Å². The summed E-state index contributed by atoms with van der Waals surface area (Å²) in [5, 5.41) is 16.7. The van der Waals surface area contributed by atoms with E-state index in [1.807, 2.05) is 0 Å². The molecule has 0 amide bonds. The van der Waals surface area contributed by atoms with Crippen LogP contribution in [0.3, 0.4) is 0 Å². The SMILES string of the molecule is CC(c1ncnn1-c1ncccn1)N(CCO)c1noc2c(C(F)(F)F)cc(C(F)(F)F)cc12. The van der Waals surface area contributed by atoms with Crippen molar-refractivity contribution in [3.63, 3.8) is 0 Å². The van der Waals surface area contributed by atoms with Crippen LogP contribution in [-0.4, -0.2) is 48.1 Å². The van der Waals surface area contributed by atoms with Crippen LogP contribution in [0.25, 0.3) is 16.9 Å². The Balaban J connectivity index is 1.87. The first-order chi connectivity index (χ1) is 16.0. The second-order valence-corrected chi connectivity index (χ2v) is 7.07. The number of benzene rings is 1. The molecule has 15 heteroatoms. The molecule has 1 aromatic carbocycles. The molecule has 4 rings (SSSR count). The quantitative estimate of drug-likeness (QED) is 0.410. The number of halogens is 6. The number of hydrogen-bond acceptors (Lipinski definition) is 8. The molecule has 0 aliphatic rings. The molecule has 1 atom stereocenters. The largest absolute Gasteiger partial charge is 0.420 e. The van der Waals surface area contributed by atoms with E-state index in [9.17, 15) is 31.4 Å². The van der Waals surface area contributed by atoms with E-state index in [2.05, 4.69) is 25.2 Å². The van der Waals surface area contributed by atoms with Gasteiger partial charge in [-0.3, -0.25) is 0 Å². The van der Waals surface area contributed by atoms with Crippen molar-refractivity contribution in [3.05, 3.63) is 53.9 Å². The first kappa shape index (κ1) is 23.4. The predicted molar refractivity (Wildman–Crippen MR) is 104 cm³/mol. The van der Waals surface area contributed by atoms with E-state index >= 15 is 0 Å². The third kappa shape index (κ3) is 4.25. The van der Waals surface area contributed by atoms with E-state index in [4.69, 9.17) is 4.52 Å². The summed E-state index contributed by atoms with van der Waals surface area (Å²) >= 11 is 0. The molecule has 0 aliphatic carbocycles. The highest BCUT2D eigenvalue weighted by Gasteiger charge is 2.41. The lowest BCUT2D eigenvalue weighted by molar-refractivity contribution is -0.142. The van der Waals surface area contributed by atoms with Gasteiger partial charge >= 0.3 is 12.4 Å². The van der Waals surface area contributed by atoms with Gasteiger partial charge in [0.05, 0.1) is 23.6 Å². The Morgan fingerprint density at radius 1 is 1.06 bits per heavy atom. The highest BCUT2D eigenvalue weighted by Crippen LogP contribution is 2.43. The zero-order valence-electron chi connectivity index (χ0n) is 17.2. The number of fused-ring (bicyclic) bond motifs is 1. The third-order valence-corrected chi connectivity index (χ3v) is 4.96. The minimum Gasteiger partial charge on any atom is -0.395 e. The fourth-order valence-corrected chi connectivity index (χ4v) is 3.43. The standard InChI is InChI=1S/C19H15F6N7O2/c1-10(15-28-9-29-32(15)17-26-3-2-4-27-17)31(5-6-33)16-12-7-11(18(20,21)22)8-13(19(23,24)25)14(12)34-30-16/h2-4,7-10,33H,5-6H2,1H3. The van der Waals surface area contributed by atoms with Gasteiger partial charge in [0.1, 0.15) is 11.9 Å². The van der Waals surface area contributed by atoms with Crippen molar-refractivity contribution in [2.45, 2.75) is 25.3 Å². The van der Waals surface area contributed by atoms with E-state index in [0.29, 0.717) is 6.07 Å². The molecular formula is C19H15F6N7O2. The highest BCUT2D eigenvalue weighted by atomic mass is 19.4. The molecule has 4 aromatic rings. The summed E-state index contributed by atoms with van der Waals surface area (Å²) in [6.45, 7) is 0.834. The van der Waals surface area contributed by atoms with Crippen LogP contribution in [-0.2, 0) is 12.4 Å². The summed E-state index contributed by atoms with van der Waals surface area (Å²) in [4.78, 5) is 13.5. The van der Waals surface area contributed by atoms with Crippen LogP contribution < -0.4 is 4.90 Å². The summed E-state index contributed by atoms with van der Waals surface area (Å²) < 4.78 is 86.8. The van der Waals surface area contributed by atoms with Crippen molar-refractivity contribution >= 4 is 16.8 Å². The molecule has 1 unspecified atom stereocenters. The van der Waals surface area contributed by atoms with Crippen LogP contribution in [0.5, 0.6) is 0 Å². The molecule has 3 heterocycles. The van der Waals surface area contributed by atoms with Gasteiger partial charge < -0.3 is 14.5 Å². The van der Waals surface area contributed by atoms with Gasteiger partial charge in [-0.25, -0.2) is 15.0 Å². The molecule has 0 radical (unpaired) electrons. The van der Waals surface area contributed by atoms with Crippen LogP contribution >= 0.6 is 0 Å². The van der Waals surface area contributed by atoms with Crippen molar-refractivity contribution in [2.24, 2.45) is 0 Å². The Kier molecular flexibility index (Phi) is 5.89. The van der Waals surface area contributed by atoms with E-state index in [0.717, 1.165) is 0 Å². The number of aliphatic hydroxyl groups is 1. The molecule has 180 valence electrons. The summed E-state index contributed by atoms with van der Waals surface area (Å²) in [7, 11) is 0. The van der Waals surface area contributed by atoms with Crippen LogP contribution in [0.1, 0.15) is 29.9 Å². The monoisotopic (exact) mass is 487 g/mol. The Morgan fingerprint density at radius 2 is 1.76 bits per heavy atom. The molecule has 0 saturated heterocycles. The van der Waals surface area contributed by atoms with E-state index in [1.54, 1.807) is 13.0 Å². The number of alkyl halides is 6. The second kappa shape index (κ2) is 8.55. The summed E-state index contributed by atoms with van der Waals surface area (Å²) in [6, 6.07) is 1.22. The maximum atomic E-state index is 13.5. The van der Waals surface area contributed by atoms with Crippen LogP contribution in [0.15, 0.2) is 41.4 Å². The lowest BCUT2D eigenvalue weighted by atomic mass is 10.1. The number of anilines is 1. The molecule has 0 bridgehead atoms. The van der Waals surface area contributed by atoms with Gasteiger partial charge in [0.25, 0.3) is 5.95 Å². The Hall–Kier alpha value is -3.75. The Bertz CT molecular complexity index is 1290. The van der Waals surface area contributed by atoms with Crippen molar-refractivity contribution in [3.8, 4) is 5.95 Å². The fourth-order valence-electron chi connectivity index (χ4n) is 3.43. The number of nitrogens with zero attached hydrogens (tertiary/aromatic N) is 7. The molecule has 0 spiro atoms. The van der Waals surface area contributed by atoms with E-state index in [-0.39, 0.29) is 30.2 Å². The smallest absolute Gasteiger partial charge is 0.395 e. The average Bonchev–Trinajstić information content (AvgIpc) is 3.43. The molecule has 0 saturated carbocycles. The van der Waals surface area contributed by atoms with Gasteiger partial charge in [-0.05, 0) is 25.1 Å². The van der Waals surface area contributed by atoms with Crippen LogP contribution in [0, 0.1) is 0 Å². The lowest BCUT2D eigenvalue weighted by Crippen LogP contribution is -2.32. The molecule has 9 nitrogen and oxygen atoms in total. The number of hydrogen-bond donors (Lipinski definition) is 1. The van der Waals surface area contributed by atoms with E-state index in [1.165, 1.54) is 28.3 Å². The minimum absolute atomic E-state index is 0.0273. The van der Waals surface area contributed by atoms with Crippen molar-refractivity contribution < 1.29 is 36.0 Å².